The first-order chi connectivity index (χ1) is 17.5. The number of fused-ring (bicyclic) bond motifs is 3. The van der Waals surface area contributed by atoms with Gasteiger partial charge in [-0.05, 0) is 0 Å². The highest BCUT2D eigenvalue weighted by atomic mass is 32.2. The van der Waals surface area contributed by atoms with Crippen molar-refractivity contribution < 1.29 is 43.8 Å². The first-order valence-electron chi connectivity index (χ1n) is 11.3. The van der Waals surface area contributed by atoms with Crippen molar-refractivity contribution in [3.63, 3.8) is 0 Å². The third kappa shape index (κ3) is 4.62. The molecule has 2 amide bonds. The number of anilines is 1. The van der Waals surface area contributed by atoms with E-state index in [9.17, 15) is 29.4 Å². The summed E-state index contributed by atoms with van der Waals surface area (Å²) in [6.45, 7) is 1.61. The lowest BCUT2D eigenvalue weighted by molar-refractivity contribution is -0.904. The average molecular weight is 554 g/mol. The van der Waals surface area contributed by atoms with E-state index in [1.54, 1.807) is 0 Å². The van der Waals surface area contributed by atoms with Crippen LogP contribution in [0.4, 0.5) is 5.13 Å². The molecule has 0 radical (unpaired) electrons. The molecule has 5 heterocycles. The van der Waals surface area contributed by atoms with Crippen LogP contribution >= 0.6 is 23.3 Å². The predicted molar refractivity (Wildman–Crippen MR) is 125 cm³/mol. The Balaban J connectivity index is 1.33. The summed E-state index contributed by atoms with van der Waals surface area (Å²) in [7, 11) is 0. The zero-order valence-corrected chi connectivity index (χ0v) is 20.9. The van der Waals surface area contributed by atoms with E-state index in [4.69, 9.17) is 10.8 Å². The molecular weight excluding hydrogens is 530 g/mol. The molecule has 4 aliphatic heterocycles. The first-order valence-corrected chi connectivity index (χ1v) is 13.1. The number of nitrogens with zero attached hydrogens (tertiary/aromatic N) is 5. The summed E-state index contributed by atoms with van der Waals surface area (Å²) in [5, 5.41) is 36.8. The molecule has 5 N–H and O–H groups in total. The number of hydrogen-bond acceptors (Lipinski definition) is 13. The van der Waals surface area contributed by atoms with Gasteiger partial charge in [-0.15, -0.1) is 11.8 Å². The lowest BCUT2D eigenvalue weighted by Crippen LogP contribution is -2.71. The number of β-lactam (4-membered cyclic amide) rings is 1. The molecule has 2 atom stereocenters. The van der Waals surface area contributed by atoms with Gasteiger partial charge in [0.1, 0.15) is 30.1 Å². The maximum atomic E-state index is 13.0. The van der Waals surface area contributed by atoms with Crippen LogP contribution in [0.25, 0.3) is 0 Å². The number of hydrogen-bond donors (Lipinski definition) is 4. The molecule has 198 valence electrons. The van der Waals surface area contributed by atoms with Crippen LogP contribution in [0, 0.1) is 0 Å². The standard InChI is InChI=1S/C20H23N7O8S2/c21-19-23-14(25-37-19)11(24-35-6-10(28)29)15(30)22-12-16(31)26-13(18(32)33)9(7-36-17(12)26)5-27-3-1-20(34,8-27)2-4-27/h12,17,34H,1-8H2,(H4-,21,22,23,25,28,29,30,32,33)/b24-11-/t12-,17+,20?,27?/m1/s1. The number of aromatic nitrogens is 2. The van der Waals surface area contributed by atoms with E-state index in [1.165, 1.54) is 11.8 Å². The summed E-state index contributed by atoms with van der Waals surface area (Å²) in [6, 6.07) is -1.08. The van der Waals surface area contributed by atoms with E-state index in [0.717, 1.165) is 29.5 Å². The topological polar surface area (TPSA) is 220 Å². The Hall–Kier alpha value is -3.28. The number of amides is 2. The summed E-state index contributed by atoms with van der Waals surface area (Å²) < 4.78 is 4.46. The Morgan fingerprint density at radius 3 is 2.65 bits per heavy atom. The third-order valence-electron chi connectivity index (χ3n) is 7.00. The predicted octanol–water partition coefficient (Wildman–Crippen LogP) is -3.32. The molecule has 3 fully saturated rings. The van der Waals surface area contributed by atoms with E-state index in [1.807, 2.05) is 0 Å². The van der Waals surface area contributed by atoms with E-state index in [2.05, 4.69) is 24.7 Å². The zero-order valence-electron chi connectivity index (χ0n) is 19.3. The SMILES string of the molecule is Nc1nc(/C(=N/OCC(=O)O)C(=O)N[C@@H]2C(=O)N3C(C(=O)[O-])=C(C[N+]45CCC(O)(CC4)C5)CS[C@@H]23)ns1. The van der Waals surface area contributed by atoms with Crippen LogP contribution in [0.2, 0.25) is 0 Å². The van der Waals surface area contributed by atoms with Gasteiger partial charge in [-0.2, -0.15) is 9.36 Å². The van der Waals surface area contributed by atoms with Gasteiger partial charge >= 0.3 is 5.97 Å². The smallest absolute Gasteiger partial charge is 0.344 e. The fraction of sp³-hybridized carbons (Fsp3) is 0.550. The van der Waals surface area contributed by atoms with E-state index in [0.29, 0.717) is 41.7 Å². The number of carbonyl (C=O) groups excluding carboxylic acids is 3. The van der Waals surface area contributed by atoms with Crippen LogP contribution in [0.5, 0.6) is 0 Å². The Bertz CT molecular complexity index is 1240. The number of thioether (sulfide) groups is 1. The van der Waals surface area contributed by atoms with Gasteiger partial charge in [-0.3, -0.25) is 14.5 Å². The maximum Gasteiger partial charge on any atom is 0.344 e. The summed E-state index contributed by atoms with van der Waals surface area (Å²) in [5.41, 5.74) is 4.74. The first kappa shape index (κ1) is 25.4. The zero-order chi connectivity index (χ0) is 26.5. The quantitative estimate of drug-likeness (QED) is 0.102. The number of nitrogens with one attached hydrogen (secondary N) is 1. The molecule has 4 aliphatic rings. The molecular formula is C20H23N7O8S2. The largest absolute Gasteiger partial charge is 0.543 e. The molecule has 37 heavy (non-hydrogen) atoms. The van der Waals surface area contributed by atoms with Crippen molar-refractivity contribution in [2.24, 2.45) is 5.16 Å². The number of aliphatic carboxylic acids is 2. The normalized spacial score (nSPS) is 30.7. The van der Waals surface area contributed by atoms with Gasteiger partial charge in [0.2, 0.25) is 18.1 Å². The highest BCUT2D eigenvalue weighted by Gasteiger charge is 2.57. The molecule has 0 spiro atoms. The lowest BCUT2D eigenvalue weighted by Gasteiger charge is -2.51. The van der Waals surface area contributed by atoms with Crippen LogP contribution in [0.15, 0.2) is 16.4 Å². The molecule has 15 nitrogen and oxygen atoms in total. The van der Waals surface area contributed by atoms with Crippen LogP contribution in [-0.2, 0) is 24.0 Å². The highest BCUT2D eigenvalue weighted by molar-refractivity contribution is 8.00. The summed E-state index contributed by atoms with van der Waals surface area (Å²) in [6.07, 6.45) is 1.32. The summed E-state index contributed by atoms with van der Waals surface area (Å²) >= 11 is 2.08. The average Bonchev–Trinajstić information content (AvgIpc) is 3.51. The number of nitrogen functional groups attached to an aromatic ring is 1. The van der Waals surface area contributed by atoms with Gasteiger partial charge in [-0.1, -0.05) is 5.16 Å². The Morgan fingerprint density at radius 1 is 1.35 bits per heavy atom. The number of carboxylic acids is 2. The van der Waals surface area contributed by atoms with Crippen molar-refractivity contribution in [1.82, 2.24) is 19.6 Å². The molecule has 1 aromatic heterocycles. The number of nitrogens with two attached hydrogens (primary N) is 1. The number of piperidine rings is 1. The number of carbonyl (C=O) groups is 4. The molecule has 1 aromatic rings. The van der Waals surface area contributed by atoms with E-state index >= 15 is 0 Å². The lowest BCUT2D eigenvalue weighted by atomic mass is 10.00. The Labute approximate surface area is 217 Å². The fourth-order valence-corrected chi connectivity index (χ4v) is 7.13. The van der Waals surface area contributed by atoms with Gasteiger partial charge < -0.3 is 40.5 Å². The van der Waals surface area contributed by atoms with Crippen LogP contribution in [0.1, 0.15) is 18.7 Å². The molecule has 5 rings (SSSR count). The minimum atomic E-state index is -1.48. The summed E-state index contributed by atoms with van der Waals surface area (Å²) in [5.74, 6) is -4.26. The van der Waals surface area contributed by atoms with E-state index in [-0.39, 0.29) is 16.7 Å². The molecule has 2 bridgehead atoms. The van der Waals surface area contributed by atoms with Gasteiger partial charge in [0, 0.05) is 35.7 Å². The van der Waals surface area contributed by atoms with Crippen LogP contribution in [-0.4, -0.2) is 114 Å². The third-order valence-corrected chi connectivity index (χ3v) is 8.88. The molecule has 17 heteroatoms. The Kier molecular flexibility index (Phi) is 6.33. The van der Waals surface area contributed by atoms with Crippen LogP contribution in [0.3, 0.4) is 0 Å². The van der Waals surface area contributed by atoms with Crippen molar-refractivity contribution in [3.05, 3.63) is 17.1 Å². The Morgan fingerprint density at radius 2 is 2.08 bits per heavy atom. The van der Waals surface area contributed by atoms with Crippen molar-refractivity contribution in [3.8, 4) is 0 Å². The van der Waals surface area contributed by atoms with Gasteiger partial charge in [0.25, 0.3) is 11.8 Å². The van der Waals surface area contributed by atoms with Gasteiger partial charge in [0.05, 0.1) is 24.8 Å². The van der Waals surface area contributed by atoms with Crippen molar-refractivity contribution in [2.75, 3.05) is 44.3 Å². The highest BCUT2D eigenvalue weighted by Crippen LogP contribution is 2.44. The second-order valence-electron chi connectivity index (χ2n) is 9.49. The second kappa shape index (κ2) is 9.23. The van der Waals surface area contributed by atoms with Gasteiger partial charge in [0.15, 0.2) is 5.13 Å². The van der Waals surface area contributed by atoms with Crippen molar-refractivity contribution >= 4 is 57.9 Å². The van der Waals surface area contributed by atoms with Crippen molar-refractivity contribution in [1.29, 1.82) is 0 Å². The second-order valence-corrected chi connectivity index (χ2v) is 11.4. The minimum absolute atomic E-state index is 0.0274. The monoisotopic (exact) mass is 553 g/mol. The molecule has 0 unspecified atom stereocenters. The van der Waals surface area contributed by atoms with Crippen molar-refractivity contribution in [2.45, 2.75) is 29.9 Å². The molecule has 0 aromatic carbocycles. The maximum absolute atomic E-state index is 13.0. The fourth-order valence-electron chi connectivity index (χ4n) is 5.36. The minimum Gasteiger partial charge on any atom is -0.543 e. The number of rotatable bonds is 9. The van der Waals surface area contributed by atoms with Gasteiger partial charge in [-0.25, -0.2) is 4.79 Å². The van der Waals surface area contributed by atoms with Crippen LogP contribution < -0.4 is 16.2 Å². The number of oxime groups is 1. The molecule has 3 saturated heterocycles. The van der Waals surface area contributed by atoms with E-state index < -0.39 is 53.1 Å². The number of carboxylic acid groups (broad SMARTS) is 2. The number of quaternary nitrogens is 1. The number of aliphatic hydroxyl groups is 1. The molecule has 0 saturated carbocycles. The molecule has 0 aliphatic carbocycles. The summed E-state index contributed by atoms with van der Waals surface area (Å²) in [4.78, 5) is 58.5.